The smallest absolute Gasteiger partial charge is 0.251 e. The highest BCUT2D eigenvalue weighted by atomic mass is 79.9. The summed E-state index contributed by atoms with van der Waals surface area (Å²) >= 11 is 5.23. The predicted molar refractivity (Wildman–Crippen MR) is 136 cm³/mol. The lowest BCUT2D eigenvalue weighted by molar-refractivity contribution is -0.122. The largest absolute Gasteiger partial charge is 0.354 e. The molecule has 1 atom stereocenters. The molecule has 1 saturated heterocycles. The number of fused-ring (bicyclic) bond motifs is 2. The Bertz CT molecular complexity index is 1250. The van der Waals surface area contributed by atoms with Crippen LogP contribution in [0.1, 0.15) is 46.3 Å². The molecule has 1 unspecified atom stereocenters. The van der Waals surface area contributed by atoms with Crippen LogP contribution in [0.2, 0.25) is 0 Å². The topological polar surface area (TPSA) is 58.2 Å². The highest BCUT2D eigenvalue weighted by molar-refractivity contribution is 9.10. The molecule has 166 valence electrons. The van der Waals surface area contributed by atoms with Gasteiger partial charge in [-0.25, -0.2) is 0 Å². The molecule has 0 spiro atoms. The van der Waals surface area contributed by atoms with Gasteiger partial charge in [0.1, 0.15) is 6.04 Å². The van der Waals surface area contributed by atoms with E-state index in [1.165, 1.54) is 10.5 Å². The van der Waals surface area contributed by atoms with Gasteiger partial charge in [-0.3, -0.25) is 9.59 Å². The van der Waals surface area contributed by atoms with E-state index in [0.717, 1.165) is 38.9 Å². The average molecular weight is 519 g/mol. The lowest BCUT2D eigenvalue weighted by Gasteiger charge is -2.16. The molecule has 4 nitrogen and oxygen atoms in total. The molecule has 2 N–H and O–H groups in total. The molecular weight excluding hydrogens is 496 g/mol. The predicted octanol–water partition coefficient (Wildman–Crippen LogP) is 5.90. The van der Waals surface area contributed by atoms with E-state index in [-0.39, 0.29) is 11.8 Å². The molecule has 2 amide bonds. The third kappa shape index (κ3) is 4.77. The summed E-state index contributed by atoms with van der Waals surface area (Å²) in [6.45, 7) is 0.672. The molecular formula is C27H23BrN2O2S. The van der Waals surface area contributed by atoms with Crippen molar-refractivity contribution in [2.45, 2.75) is 35.1 Å². The Labute approximate surface area is 206 Å². The van der Waals surface area contributed by atoms with Gasteiger partial charge >= 0.3 is 0 Å². The van der Waals surface area contributed by atoms with Gasteiger partial charge in [0.2, 0.25) is 5.91 Å². The van der Waals surface area contributed by atoms with Crippen LogP contribution in [0.4, 0.5) is 0 Å². The highest BCUT2D eigenvalue weighted by Gasteiger charge is 2.24. The van der Waals surface area contributed by atoms with Crippen molar-refractivity contribution < 1.29 is 9.59 Å². The van der Waals surface area contributed by atoms with Crippen molar-refractivity contribution in [3.63, 3.8) is 0 Å². The first kappa shape index (κ1) is 22.0. The van der Waals surface area contributed by atoms with Crippen LogP contribution >= 0.6 is 27.7 Å². The molecule has 6 heteroatoms. The first-order chi connectivity index (χ1) is 16.1. The lowest BCUT2D eigenvalue weighted by Crippen LogP contribution is -2.45. The Balaban J connectivity index is 1.52. The van der Waals surface area contributed by atoms with Crippen molar-refractivity contribution in [3.05, 3.63) is 93.5 Å². The second-order valence-electron chi connectivity index (χ2n) is 8.23. The molecule has 0 radical (unpaired) electrons. The molecule has 0 bridgehead atoms. The molecule has 33 heavy (non-hydrogen) atoms. The zero-order valence-corrected chi connectivity index (χ0v) is 20.3. The average Bonchev–Trinajstić information content (AvgIpc) is 3.13. The summed E-state index contributed by atoms with van der Waals surface area (Å²) in [5, 5.41) is 5.81. The van der Waals surface area contributed by atoms with Gasteiger partial charge in [-0.05, 0) is 84.0 Å². The maximum absolute atomic E-state index is 13.0. The van der Waals surface area contributed by atoms with E-state index >= 15 is 0 Å². The number of hydrogen-bond donors (Lipinski definition) is 2. The van der Waals surface area contributed by atoms with Crippen LogP contribution in [-0.2, 0) is 4.79 Å². The second kappa shape index (κ2) is 9.57. The Hall–Kier alpha value is -2.83. The molecule has 3 aromatic rings. The van der Waals surface area contributed by atoms with Crippen molar-refractivity contribution in [2.24, 2.45) is 0 Å². The zero-order valence-electron chi connectivity index (χ0n) is 17.9. The number of carbonyl (C=O) groups excluding carboxylic acids is 2. The maximum Gasteiger partial charge on any atom is 0.251 e. The Morgan fingerprint density at radius 2 is 1.82 bits per heavy atom. The maximum atomic E-state index is 13.0. The van der Waals surface area contributed by atoms with Crippen LogP contribution in [0.3, 0.4) is 0 Å². The van der Waals surface area contributed by atoms with Crippen molar-refractivity contribution >= 4 is 51.2 Å². The van der Waals surface area contributed by atoms with E-state index in [0.29, 0.717) is 18.5 Å². The number of benzene rings is 3. The fourth-order valence-electron chi connectivity index (χ4n) is 4.21. The van der Waals surface area contributed by atoms with Crippen LogP contribution in [0.25, 0.3) is 11.6 Å². The van der Waals surface area contributed by atoms with Crippen LogP contribution in [0.15, 0.2) is 81.0 Å². The van der Waals surface area contributed by atoms with Crippen molar-refractivity contribution in [1.82, 2.24) is 10.6 Å². The normalized spacial score (nSPS) is 17.5. The lowest BCUT2D eigenvalue weighted by atomic mass is 9.95. The molecule has 2 aliphatic heterocycles. The van der Waals surface area contributed by atoms with Gasteiger partial charge in [0.15, 0.2) is 0 Å². The minimum absolute atomic E-state index is 0.0981. The van der Waals surface area contributed by atoms with Gasteiger partial charge in [0.25, 0.3) is 5.91 Å². The number of nitrogens with one attached hydrogen (secondary N) is 2. The summed E-state index contributed by atoms with van der Waals surface area (Å²) in [5.41, 5.74) is 4.95. The molecule has 2 heterocycles. The third-order valence-electron chi connectivity index (χ3n) is 5.96. The minimum atomic E-state index is -0.480. The summed E-state index contributed by atoms with van der Waals surface area (Å²) in [4.78, 5) is 27.6. The molecule has 0 aliphatic carbocycles. The second-order valence-corrected chi connectivity index (χ2v) is 10.2. The van der Waals surface area contributed by atoms with Gasteiger partial charge in [-0.1, -0.05) is 58.0 Å². The summed E-state index contributed by atoms with van der Waals surface area (Å²) in [6.07, 6.45) is 4.69. The fourth-order valence-corrected chi connectivity index (χ4v) is 5.52. The SMILES string of the molecule is O=C(NC1CCCCNC1=O)c1ccc2c(c1)C=C(c1ccc(Br)cc1)c1ccccc1S2. The Morgan fingerprint density at radius 3 is 2.67 bits per heavy atom. The number of amides is 2. The monoisotopic (exact) mass is 518 g/mol. The number of hydrogen-bond acceptors (Lipinski definition) is 3. The quantitative estimate of drug-likeness (QED) is 0.354. The van der Waals surface area contributed by atoms with Crippen molar-refractivity contribution in [1.29, 1.82) is 0 Å². The van der Waals surface area contributed by atoms with Gasteiger partial charge in [0, 0.05) is 26.4 Å². The van der Waals surface area contributed by atoms with Crippen molar-refractivity contribution in [3.8, 4) is 0 Å². The number of rotatable bonds is 3. The third-order valence-corrected chi connectivity index (χ3v) is 7.66. The molecule has 0 saturated carbocycles. The number of carbonyl (C=O) groups is 2. The van der Waals surface area contributed by atoms with Crippen LogP contribution in [0.5, 0.6) is 0 Å². The fraction of sp³-hybridized carbons (Fsp3) is 0.185. The standard InChI is InChI=1S/C27H23BrN2O2S/c28-20-11-8-17(9-12-20)22-16-19-15-18(26(31)30-23-6-3-4-14-29-27(23)32)10-13-24(19)33-25-7-2-1-5-21(22)25/h1-2,5,7-13,15-16,23H,3-4,6,14H2,(H,29,32)(H,30,31). The molecule has 2 aliphatic rings. The first-order valence-electron chi connectivity index (χ1n) is 11.1. The van der Waals surface area contributed by atoms with Gasteiger partial charge in [-0.2, -0.15) is 0 Å². The van der Waals surface area contributed by atoms with Crippen molar-refractivity contribution in [2.75, 3.05) is 6.54 Å². The summed E-state index contributed by atoms with van der Waals surface area (Å²) in [7, 11) is 0. The zero-order chi connectivity index (χ0) is 22.8. The molecule has 1 fully saturated rings. The molecule has 5 rings (SSSR count). The van der Waals surface area contributed by atoms with E-state index < -0.39 is 6.04 Å². The number of halogens is 1. The van der Waals surface area contributed by atoms with Gasteiger partial charge in [0.05, 0.1) is 0 Å². The first-order valence-corrected chi connectivity index (χ1v) is 12.7. The highest BCUT2D eigenvalue weighted by Crippen LogP contribution is 2.42. The van der Waals surface area contributed by atoms with E-state index in [1.54, 1.807) is 11.8 Å². The van der Waals surface area contributed by atoms with E-state index in [2.05, 4.69) is 69.0 Å². The van der Waals surface area contributed by atoms with Crippen LogP contribution in [-0.4, -0.2) is 24.4 Å². The van der Waals surface area contributed by atoms with Crippen LogP contribution < -0.4 is 10.6 Å². The summed E-state index contributed by atoms with van der Waals surface area (Å²) in [5.74, 6) is -0.316. The minimum Gasteiger partial charge on any atom is -0.354 e. The van der Waals surface area contributed by atoms with E-state index in [4.69, 9.17) is 0 Å². The van der Waals surface area contributed by atoms with Gasteiger partial charge in [-0.15, -0.1) is 0 Å². The van der Waals surface area contributed by atoms with E-state index in [1.807, 2.05) is 30.3 Å². The van der Waals surface area contributed by atoms with Gasteiger partial charge < -0.3 is 10.6 Å². The summed E-state index contributed by atoms with van der Waals surface area (Å²) < 4.78 is 1.03. The molecule has 0 aromatic heterocycles. The van der Waals surface area contributed by atoms with E-state index in [9.17, 15) is 9.59 Å². The molecule has 3 aromatic carbocycles. The Kier molecular flexibility index (Phi) is 6.38. The Morgan fingerprint density at radius 1 is 1.00 bits per heavy atom. The summed E-state index contributed by atoms with van der Waals surface area (Å²) in [6, 6.07) is 22.0. The van der Waals surface area contributed by atoms with Crippen LogP contribution in [0, 0.1) is 0 Å².